The second-order valence-electron chi connectivity index (χ2n) is 5.54. The van der Waals surface area contributed by atoms with Gasteiger partial charge in [0.25, 0.3) is 5.69 Å². The van der Waals surface area contributed by atoms with Crippen LogP contribution in [-0.2, 0) is 0 Å². The number of aldehydes is 1. The first kappa shape index (κ1) is 14.5. The monoisotopic (exact) mass is 277 g/mol. The van der Waals surface area contributed by atoms with E-state index in [0.717, 1.165) is 13.1 Å². The molecular formula is C14H19N3O3. The largest absolute Gasteiger partial charge is 0.364 e. The summed E-state index contributed by atoms with van der Waals surface area (Å²) in [4.78, 5) is 25.7. The molecule has 1 saturated heterocycles. The predicted molar refractivity (Wildman–Crippen MR) is 77.3 cm³/mol. The third-order valence-corrected chi connectivity index (χ3v) is 3.91. The fraction of sp³-hybridized carbons (Fsp3) is 0.500. The maximum Gasteiger partial charge on any atom is 0.293 e. The number of likely N-dealkylation sites (N-methyl/N-ethyl adjacent to an activating group) is 1. The number of carbonyl (C=O) groups excluding carboxylic acids is 1. The number of nitrogens with zero attached hydrogens (tertiary/aromatic N) is 3. The molecule has 1 aromatic carbocycles. The van der Waals surface area contributed by atoms with Gasteiger partial charge in [0.05, 0.1) is 4.92 Å². The standard InChI is InChI=1S/C14H19N3O3/c1-10-7-16(8-14(10)15(2)3)12-5-4-11(9-18)6-13(12)17(19)20/h4-6,9-10,14H,7-8H2,1-3H3. The summed E-state index contributed by atoms with van der Waals surface area (Å²) >= 11 is 0. The Morgan fingerprint density at radius 3 is 2.60 bits per heavy atom. The van der Waals surface area contributed by atoms with Gasteiger partial charge in [-0.1, -0.05) is 6.92 Å². The summed E-state index contributed by atoms with van der Waals surface area (Å²) in [6.45, 7) is 3.69. The van der Waals surface area contributed by atoms with Crippen LogP contribution in [0, 0.1) is 16.0 Å². The molecule has 0 amide bonds. The minimum absolute atomic E-state index is 0.00112. The van der Waals surface area contributed by atoms with E-state index >= 15 is 0 Å². The van der Waals surface area contributed by atoms with Crippen molar-refractivity contribution >= 4 is 17.7 Å². The normalized spacial score (nSPS) is 22.3. The highest BCUT2D eigenvalue weighted by Gasteiger charge is 2.33. The average Bonchev–Trinajstić information content (AvgIpc) is 2.80. The van der Waals surface area contributed by atoms with E-state index in [0.29, 0.717) is 29.5 Å². The van der Waals surface area contributed by atoms with E-state index < -0.39 is 4.92 Å². The molecule has 2 rings (SSSR count). The Bertz CT molecular complexity index is 530. The second kappa shape index (κ2) is 5.58. The van der Waals surface area contributed by atoms with Gasteiger partial charge in [-0.05, 0) is 32.1 Å². The zero-order valence-electron chi connectivity index (χ0n) is 11.9. The van der Waals surface area contributed by atoms with Gasteiger partial charge in [0.2, 0.25) is 0 Å². The van der Waals surface area contributed by atoms with Gasteiger partial charge >= 0.3 is 0 Å². The van der Waals surface area contributed by atoms with E-state index in [1.165, 1.54) is 6.07 Å². The van der Waals surface area contributed by atoms with E-state index in [9.17, 15) is 14.9 Å². The molecule has 1 aliphatic rings. The zero-order valence-corrected chi connectivity index (χ0v) is 11.9. The van der Waals surface area contributed by atoms with Crippen molar-refractivity contribution in [3.63, 3.8) is 0 Å². The highest BCUT2D eigenvalue weighted by molar-refractivity contribution is 5.79. The molecule has 2 unspecified atom stereocenters. The highest BCUT2D eigenvalue weighted by Crippen LogP contribution is 2.33. The summed E-state index contributed by atoms with van der Waals surface area (Å²) in [6, 6.07) is 5.02. The van der Waals surface area contributed by atoms with Crippen LogP contribution in [0.15, 0.2) is 18.2 Å². The van der Waals surface area contributed by atoms with Crippen LogP contribution < -0.4 is 4.90 Å². The molecule has 1 heterocycles. The molecule has 108 valence electrons. The first-order valence-corrected chi connectivity index (χ1v) is 6.59. The summed E-state index contributed by atoms with van der Waals surface area (Å²) in [5, 5.41) is 11.2. The average molecular weight is 277 g/mol. The third-order valence-electron chi connectivity index (χ3n) is 3.91. The lowest BCUT2D eigenvalue weighted by molar-refractivity contribution is -0.384. The SMILES string of the molecule is CC1CN(c2ccc(C=O)cc2[N+](=O)[O-])CC1N(C)C. The van der Waals surface area contributed by atoms with Crippen LogP contribution in [0.25, 0.3) is 0 Å². The van der Waals surface area contributed by atoms with Crippen molar-refractivity contribution in [3.05, 3.63) is 33.9 Å². The number of hydrogen-bond acceptors (Lipinski definition) is 5. The Labute approximate surface area is 118 Å². The molecule has 0 aliphatic carbocycles. The Kier molecular flexibility index (Phi) is 4.04. The molecular weight excluding hydrogens is 258 g/mol. The van der Waals surface area contributed by atoms with Crippen molar-refractivity contribution in [3.8, 4) is 0 Å². The molecule has 1 fully saturated rings. The smallest absolute Gasteiger partial charge is 0.293 e. The van der Waals surface area contributed by atoms with Crippen molar-refractivity contribution in [2.24, 2.45) is 5.92 Å². The van der Waals surface area contributed by atoms with E-state index in [1.54, 1.807) is 12.1 Å². The minimum Gasteiger partial charge on any atom is -0.364 e. The first-order valence-electron chi connectivity index (χ1n) is 6.59. The molecule has 0 spiro atoms. The number of hydrogen-bond donors (Lipinski definition) is 0. The van der Waals surface area contributed by atoms with Gasteiger partial charge in [0.1, 0.15) is 12.0 Å². The van der Waals surface area contributed by atoms with Crippen molar-refractivity contribution in [2.75, 3.05) is 32.1 Å². The summed E-state index contributed by atoms with van der Waals surface area (Å²) < 4.78 is 0. The van der Waals surface area contributed by atoms with E-state index in [-0.39, 0.29) is 5.69 Å². The predicted octanol–water partition coefficient (Wildman–Crippen LogP) is 1.79. The van der Waals surface area contributed by atoms with E-state index in [2.05, 4.69) is 11.8 Å². The van der Waals surface area contributed by atoms with Gasteiger partial charge in [0.15, 0.2) is 0 Å². The number of nitro groups is 1. The maximum absolute atomic E-state index is 11.2. The van der Waals surface area contributed by atoms with Gasteiger partial charge in [0, 0.05) is 30.8 Å². The molecule has 6 nitrogen and oxygen atoms in total. The second-order valence-corrected chi connectivity index (χ2v) is 5.54. The zero-order chi connectivity index (χ0) is 14.9. The number of benzene rings is 1. The van der Waals surface area contributed by atoms with Crippen LogP contribution in [0.4, 0.5) is 11.4 Å². The number of nitro benzene ring substituents is 1. The van der Waals surface area contributed by atoms with Gasteiger partial charge < -0.3 is 9.80 Å². The van der Waals surface area contributed by atoms with Crippen LogP contribution in [0.3, 0.4) is 0 Å². The lowest BCUT2D eigenvalue weighted by atomic mass is 10.1. The number of carbonyl (C=O) groups is 1. The Morgan fingerprint density at radius 1 is 1.40 bits per heavy atom. The summed E-state index contributed by atoms with van der Waals surface area (Å²) in [6.07, 6.45) is 0.631. The van der Waals surface area contributed by atoms with Crippen molar-refractivity contribution in [1.29, 1.82) is 0 Å². The van der Waals surface area contributed by atoms with Gasteiger partial charge in [-0.3, -0.25) is 14.9 Å². The first-order chi connectivity index (χ1) is 9.43. The molecule has 1 aromatic rings. The topological polar surface area (TPSA) is 66.7 Å². The molecule has 1 aliphatic heterocycles. The molecule has 0 saturated carbocycles. The summed E-state index contributed by atoms with van der Waals surface area (Å²) in [5.41, 5.74) is 0.926. The lowest BCUT2D eigenvalue weighted by Crippen LogP contribution is -2.34. The van der Waals surface area contributed by atoms with Crippen LogP contribution in [0.1, 0.15) is 17.3 Å². The molecule has 0 radical (unpaired) electrons. The van der Waals surface area contributed by atoms with E-state index in [1.807, 2.05) is 19.0 Å². The fourth-order valence-electron chi connectivity index (χ4n) is 2.85. The molecule has 6 heteroatoms. The van der Waals surface area contributed by atoms with Crippen LogP contribution in [0.5, 0.6) is 0 Å². The van der Waals surface area contributed by atoms with Crippen molar-refractivity contribution in [1.82, 2.24) is 4.90 Å². The highest BCUT2D eigenvalue weighted by atomic mass is 16.6. The van der Waals surface area contributed by atoms with Gasteiger partial charge in [-0.2, -0.15) is 0 Å². The van der Waals surface area contributed by atoms with Crippen LogP contribution in [0.2, 0.25) is 0 Å². The minimum atomic E-state index is -0.421. The number of anilines is 1. The van der Waals surface area contributed by atoms with Gasteiger partial charge in [-0.25, -0.2) is 0 Å². The molecule has 2 atom stereocenters. The van der Waals surface area contributed by atoms with Gasteiger partial charge in [-0.15, -0.1) is 0 Å². The third kappa shape index (κ3) is 2.65. The summed E-state index contributed by atoms with van der Waals surface area (Å²) in [5.74, 6) is 0.440. The quantitative estimate of drug-likeness (QED) is 0.477. The van der Waals surface area contributed by atoms with E-state index in [4.69, 9.17) is 0 Å². The molecule has 0 N–H and O–H groups in total. The Balaban J connectivity index is 2.34. The van der Waals surface area contributed by atoms with Crippen LogP contribution in [-0.4, -0.2) is 49.3 Å². The molecule has 0 bridgehead atoms. The van der Waals surface area contributed by atoms with Crippen LogP contribution >= 0.6 is 0 Å². The maximum atomic E-state index is 11.2. The summed E-state index contributed by atoms with van der Waals surface area (Å²) in [7, 11) is 4.04. The Morgan fingerprint density at radius 2 is 2.10 bits per heavy atom. The van der Waals surface area contributed by atoms with Crippen molar-refractivity contribution in [2.45, 2.75) is 13.0 Å². The van der Waals surface area contributed by atoms with Crippen molar-refractivity contribution < 1.29 is 9.72 Å². The number of rotatable bonds is 4. The molecule has 20 heavy (non-hydrogen) atoms. The molecule has 0 aromatic heterocycles. The Hall–Kier alpha value is -1.95. The fourth-order valence-corrected chi connectivity index (χ4v) is 2.85. The lowest BCUT2D eigenvalue weighted by Gasteiger charge is -2.23.